The molecule has 5 nitrogen and oxygen atoms in total. The van der Waals surface area contributed by atoms with E-state index >= 15 is 0 Å². The van der Waals surface area contributed by atoms with Crippen LogP contribution in [0.25, 0.3) is 27.6 Å². The first kappa shape index (κ1) is 23.6. The van der Waals surface area contributed by atoms with E-state index in [1.807, 2.05) is 91.0 Å². The molecule has 0 fully saturated rings. The Morgan fingerprint density at radius 1 is 0.658 bits per heavy atom. The Kier molecular flexibility index (Phi) is 5.98. The van der Waals surface area contributed by atoms with Crippen LogP contribution in [0, 0.1) is 13.8 Å². The quantitative estimate of drug-likeness (QED) is 0.228. The molecule has 1 aliphatic carbocycles. The van der Waals surface area contributed by atoms with Crippen LogP contribution in [0.15, 0.2) is 121 Å². The molecule has 6 rings (SSSR count). The Hall–Kier alpha value is -4.74. The SMILES string of the molecule is Cc1ccc(-c2nnc(NNC3=C[C@@](O)(c4ccccc4)C(c4ccccc4)=C3)c3ccccc23)cc1C. The topological polar surface area (TPSA) is 70.1 Å². The molecule has 38 heavy (non-hydrogen) atoms. The van der Waals surface area contributed by atoms with Crippen LogP contribution in [0.3, 0.4) is 0 Å². The van der Waals surface area contributed by atoms with Crippen molar-refractivity contribution < 1.29 is 5.11 Å². The van der Waals surface area contributed by atoms with Crippen LogP contribution in [0.5, 0.6) is 0 Å². The molecule has 5 aromatic rings. The van der Waals surface area contributed by atoms with Gasteiger partial charge in [0, 0.05) is 21.9 Å². The summed E-state index contributed by atoms with van der Waals surface area (Å²) >= 11 is 0. The fourth-order valence-electron chi connectivity index (χ4n) is 4.96. The summed E-state index contributed by atoms with van der Waals surface area (Å²) in [6, 6.07) is 34.1. The molecule has 1 heterocycles. The highest BCUT2D eigenvalue weighted by atomic mass is 16.3. The van der Waals surface area contributed by atoms with E-state index in [0.29, 0.717) is 5.82 Å². The molecule has 4 aromatic carbocycles. The van der Waals surface area contributed by atoms with Crippen molar-refractivity contribution in [3.63, 3.8) is 0 Å². The Balaban J connectivity index is 1.35. The number of nitrogens with one attached hydrogen (secondary N) is 2. The highest BCUT2D eigenvalue weighted by molar-refractivity contribution is 6.00. The molecule has 0 amide bonds. The van der Waals surface area contributed by atoms with E-state index in [1.165, 1.54) is 11.1 Å². The van der Waals surface area contributed by atoms with Crippen molar-refractivity contribution in [3.8, 4) is 11.3 Å². The second kappa shape index (κ2) is 9.61. The smallest absolute Gasteiger partial charge is 0.175 e. The number of allylic oxidation sites excluding steroid dienone is 1. The van der Waals surface area contributed by atoms with Gasteiger partial charge in [-0.15, -0.1) is 10.2 Å². The molecule has 186 valence electrons. The van der Waals surface area contributed by atoms with Gasteiger partial charge in [-0.2, -0.15) is 0 Å². The minimum Gasteiger partial charge on any atom is -0.377 e. The monoisotopic (exact) mass is 496 g/mol. The van der Waals surface area contributed by atoms with Crippen LogP contribution in [0.1, 0.15) is 22.3 Å². The predicted molar refractivity (Wildman–Crippen MR) is 154 cm³/mol. The van der Waals surface area contributed by atoms with E-state index in [1.54, 1.807) is 0 Å². The van der Waals surface area contributed by atoms with Gasteiger partial charge in [0.2, 0.25) is 0 Å². The number of anilines is 1. The molecule has 0 bridgehead atoms. The summed E-state index contributed by atoms with van der Waals surface area (Å²) in [4.78, 5) is 0. The van der Waals surface area contributed by atoms with E-state index in [-0.39, 0.29) is 0 Å². The van der Waals surface area contributed by atoms with Gasteiger partial charge < -0.3 is 5.11 Å². The lowest BCUT2D eigenvalue weighted by atomic mass is 9.85. The number of nitrogens with zero attached hydrogens (tertiary/aromatic N) is 2. The third kappa shape index (κ3) is 4.23. The van der Waals surface area contributed by atoms with Crippen molar-refractivity contribution >= 4 is 22.2 Å². The van der Waals surface area contributed by atoms with Crippen LogP contribution in [-0.4, -0.2) is 15.3 Å². The molecule has 0 spiro atoms. The van der Waals surface area contributed by atoms with Crippen molar-refractivity contribution in [3.05, 3.63) is 143 Å². The minimum atomic E-state index is -1.27. The molecule has 0 unspecified atom stereocenters. The van der Waals surface area contributed by atoms with Crippen molar-refractivity contribution in [2.75, 3.05) is 5.43 Å². The van der Waals surface area contributed by atoms with E-state index in [4.69, 9.17) is 0 Å². The molecule has 0 saturated heterocycles. The molecule has 5 heteroatoms. The van der Waals surface area contributed by atoms with Crippen LogP contribution in [-0.2, 0) is 5.60 Å². The van der Waals surface area contributed by atoms with Gasteiger partial charge in [0.25, 0.3) is 0 Å². The fourth-order valence-corrected chi connectivity index (χ4v) is 4.96. The molecule has 0 saturated carbocycles. The number of aromatic nitrogens is 2. The summed E-state index contributed by atoms with van der Waals surface area (Å²) in [6.45, 7) is 4.22. The first-order valence-corrected chi connectivity index (χ1v) is 12.7. The Bertz CT molecular complexity index is 1690. The van der Waals surface area contributed by atoms with Crippen molar-refractivity contribution in [1.29, 1.82) is 0 Å². The van der Waals surface area contributed by atoms with E-state index in [9.17, 15) is 5.11 Å². The largest absolute Gasteiger partial charge is 0.377 e. The molecule has 0 aliphatic heterocycles. The van der Waals surface area contributed by atoms with E-state index in [0.717, 1.165) is 44.4 Å². The zero-order valence-corrected chi connectivity index (χ0v) is 21.3. The molecule has 0 radical (unpaired) electrons. The number of hydrazine groups is 1. The zero-order chi connectivity index (χ0) is 26.1. The second-order valence-electron chi connectivity index (χ2n) is 9.65. The Morgan fingerprint density at radius 2 is 1.34 bits per heavy atom. The van der Waals surface area contributed by atoms with Gasteiger partial charge in [-0.1, -0.05) is 97.1 Å². The van der Waals surface area contributed by atoms with Gasteiger partial charge in [0.15, 0.2) is 5.82 Å². The van der Waals surface area contributed by atoms with Gasteiger partial charge in [0.1, 0.15) is 11.3 Å². The number of rotatable bonds is 6. The van der Waals surface area contributed by atoms with Crippen LogP contribution in [0.4, 0.5) is 5.82 Å². The number of fused-ring (bicyclic) bond motifs is 1. The highest BCUT2D eigenvalue weighted by Gasteiger charge is 2.36. The third-order valence-electron chi connectivity index (χ3n) is 7.17. The van der Waals surface area contributed by atoms with Crippen molar-refractivity contribution in [2.24, 2.45) is 0 Å². The van der Waals surface area contributed by atoms with Crippen molar-refractivity contribution in [1.82, 2.24) is 15.6 Å². The van der Waals surface area contributed by atoms with Gasteiger partial charge in [0.05, 0.1) is 5.70 Å². The highest BCUT2D eigenvalue weighted by Crippen LogP contribution is 2.42. The Morgan fingerprint density at radius 3 is 2.08 bits per heavy atom. The van der Waals surface area contributed by atoms with E-state index < -0.39 is 5.60 Å². The number of hydrogen-bond donors (Lipinski definition) is 3. The summed E-state index contributed by atoms with van der Waals surface area (Å²) in [6.07, 6.45) is 3.80. The van der Waals surface area contributed by atoms with Gasteiger partial charge in [-0.3, -0.25) is 10.9 Å². The number of aliphatic hydroxyl groups is 1. The minimum absolute atomic E-state index is 0.610. The predicted octanol–water partition coefficient (Wildman–Crippen LogP) is 6.70. The summed E-state index contributed by atoms with van der Waals surface area (Å²) in [5.74, 6) is 0.610. The summed E-state index contributed by atoms with van der Waals surface area (Å²) in [5.41, 5.74) is 12.9. The summed E-state index contributed by atoms with van der Waals surface area (Å²) in [7, 11) is 0. The van der Waals surface area contributed by atoms with Crippen LogP contribution >= 0.6 is 0 Å². The second-order valence-corrected chi connectivity index (χ2v) is 9.65. The maximum Gasteiger partial charge on any atom is 0.175 e. The molecule has 1 atom stereocenters. The van der Waals surface area contributed by atoms with Crippen LogP contribution < -0.4 is 10.9 Å². The van der Waals surface area contributed by atoms with Gasteiger partial charge in [-0.25, -0.2) is 0 Å². The molecule has 3 N–H and O–H groups in total. The third-order valence-corrected chi connectivity index (χ3v) is 7.17. The van der Waals surface area contributed by atoms with E-state index in [2.05, 4.69) is 59.2 Å². The average molecular weight is 497 g/mol. The lowest BCUT2D eigenvalue weighted by Crippen LogP contribution is -2.24. The molecular formula is C33H28N4O. The van der Waals surface area contributed by atoms with Gasteiger partial charge >= 0.3 is 0 Å². The molecule has 1 aliphatic rings. The fraction of sp³-hybridized carbons (Fsp3) is 0.0909. The lowest BCUT2D eigenvalue weighted by molar-refractivity contribution is 0.156. The molecule has 1 aromatic heterocycles. The zero-order valence-electron chi connectivity index (χ0n) is 21.3. The normalized spacial score (nSPS) is 16.7. The average Bonchev–Trinajstić information content (AvgIpc) is 3.31. The number of benzene rings is 4. The molecular weight excluding hydrogens is 468 g/mol. The summed E-state index contributed by atoms with van der Waals surface area (Å²) < 4.78 is 0. The Labute approximate surface area is 222 Å². The number of hydrogen-bond acceptors (Lipinski definition) is 5. The number of aryl methyl sites for hydroxylation is 2. The van der Waals surface area contributed by atoms with Crippen molar-refractivity contribution in [2.45, 2.75) is 19.4 Å². The van der Waals surface area contributed by atoms with Crippen LogP contribution in [0.2, 0.25) is 0 Å². The summed E-state index contributed by atoms with van der Waals surface area (Å²) in [5, 5.41) is 23.0. The maximum absolute atomic E-state index is 11.9. The lowest BCUT2D eigenvalue weighted by Gasteiger charge is -2.25. The first-order valence-electron chi connectivity index (χ1n) is 12.7. The maximum atomic E-state index is 11.9. The van der Waals surface area contributed by atoms with Gasteiger partial charge in [-0.05, 0) is 54.3 Å². The first-order chi connectivity index (χ1) is 18.5. The standard InChI is InChI=1S/C33H28N4O/c1-22-17-18-25(19-23(22)2)31-28-15-9-10-16-29(28)32(37-35-31)36-34-27-20-30(24-11-5-3-6-12-24)33(38,21-27)26-13-7-4-8-14-26/h3-21,34,38H,1-2H3,(H,36,37)/t33-/m1/s1.